The van der Waals surface area contributed by atoms with Gasteiger partial charge in [-0.05, 0) is 0 Å². The summed E-state index contributed by atoms with van der Waals surface area (Å²) in [5, 5.41) is 0. The fourth-order valence-corrected chi connectivity index (χ4v) is 0. The molecule has 0 rings (SSSR count). The van der Waals surface area contributed by atoms with Crippen LogP contribution in [0, 0.1) is 0 Å². The quantitative estimate of drug-likeness (QED) is 0.293. The second kappa shape index (κ2) is 375. The average molecular weight is 567 g/mol. The van der Waals surface area contributed by atoms with Gasteiger partial charge in [-0.1, -0.05) is 0 Å². The van der Waals surface area contributed by atoms with Crippen molar-refractivity contribution in [1.82, 2.24) is 0 Å². The first-order valence-corrected chi connectivity index (χ1v) is 0. The van der Waals surface area contributed by atoms with Gasteiger partial charge in [0.1, 0.15) is 0 Å². The van der Waals surface area contributed by atoms with E-state index < -0.39 is 0 Å². The Hall–Kier alpha value is 2.72. The Morgan fingerprint density at radius 1 is 0.231 bits per heavy atom. The molecule has 0 unspecified atom stereocenters. The molecule has 13 heavy (non-hydrogen) atoms. The predicted molar refractivity (Wildman–Crippen MR) is 17.7 cm³/mol. The van der Waals surface area contributed by atoms with E-state index in [-0.39, 0.29) is 142 Å². The van der Waals surface area contributed by atoms with Crippen molar-refractivity contribution in [2.45, 2.75) is 0 Å². The van der Waals surface area contributed by atoms with Gasteiger partial charge in [-0.25, -0.2) is 0 Å². The van der Waals surface area contributed by atoms with Gasteiger partial charge in [0.2, 0.25) is 0 Å². The van der Waals surface area contributed by atoms with Gasteiger partial charge >= 0.3 is 92.6 Å². The molecule has 0 fully saturated rings. The van der Waals surface area contributed by atoms with Crippen LogP contribution in [0.25, 0.3) is 0 Å². The van der Waals surface area contributed by atoms with Gasteiger partial charge in [-0.3, -0.25) is 0 Å². The van der Waals surface area contributed by atoms with Crippen molar-refractivity contribution in [2.24, 2.45) is 0 Å². The van der Waals surface area contributed by atoms with Gasteiger partial charge < -0.3 is 49.3 Å². The van der Waals surface area contributed by atoms with Crippen molar-refractivity contribution in [3.8, 4) is 0 Å². The molecule has 0 radical (unpaired) electrons. The Labute approximate surface area is 140 Å². The minimum absolute atomic E-state index is 0. The second-order valence-corrected chi connectivity index (χ2v) is 0. The molecule has 0 atom stereocenters. The van der Waals surface area contributed by atoms with Crippen molar-refractivity contribution in [1.29, 1.82) is 0 Å². The molecule has 13 heteroatoms. The maximum absolute atomic E-state index is 0. The molecular weight excluding hydrogens is 567 g/mol. The van der Waals surface area contributed by atoms with Gasteiger partial charge in [-0.2, -0.15) is 0 Å². The standard InChI is InChI=1S/2Nb.9O.2Sn/q2*+5;9*-2;2*+4. The van der Waals surface area contributed by atoms with Crippen molar-refractivity contribution < 1.29 is 94.0 Å². The summed E-state index contributed by atoms with van der Waals surface area (Å²) in [6.07, 6.45) is 0. The molecule has 0 spiro atoms. The Morgan fingerprint density at radius 2 is 0.231 bits per heavy atom. The normalized spacial score (nSPS) is 0. The summed E-state index contributed by atoms with van der Waals surface area (Å²) < 4.78 is 0. The Balaban J connectivity index is 0. The molecule has 0 amide bonds. The first-order valence-electron chi connectivity index (χ1n) is 0. The van der Waals surface area contributed by atoms with Gasteiger partial charge in [0.05, 0.1) is 0 Å². The minimum atomic E-state index is 0. The summed E-state index contributed by atoms with van der Waals surface area (Å²) in [4.78, 5) is 0. The second-order valence-electron chi connectivity index (χ2n) is 0. The van der Waals surface area contributed by atoms with Crippen LogP contribution in [0.5, 0.6) is 0 Å². The predicted octanol–water partition coefficient (Wildman–Crippen LogP) is -1.84. The van der Waals surface area contributed by atoms with Crippen LogP contribution in [-0.2, 0) is 94.0 Å². The number of hydrogen-bond donors (Lipinski definition) is 0. The summed E-state index contributed by atoms with van der Waals surface area (Å²) in [6, 6.07) is 0. The molecule has 0 aliphatic heterocycles. The molecule has 0 aliphatic carbocycles. The molecule has 0 saturated carbocycles. The van der Waals surface area contributed by atoms with Gasteiger partial charge in [0.25, 0.3) is 0 Å². The SMILES string of the molecule is [Nb+5].[Nb+5].[O-2].[O-2].[O-2].[O-2].[O-2].[O-2].[O-2].[O-2].[O-2].[Sn+4].[Sn+4]. The van der Waals surface area contributed by atoms with Gasteiger partial charge in [0, 0.05) is 0 Å². The largest absolute Gasteiger partial charge is 5.00 e. The first kappa shape index (κ1) is 461. The van der Waals surface area contributed by atoms with Crippen molar-refractivity contribution >= 4 is 47.8 Å². The van der Waals surface area contributed by atoms with Crippen molar-refractivity contribution in [3.05, 3.63) is 0 Å². The molecule has 0 saturated heterocycles. The zero-order valence-corrected chi connectivity index (χ0v) is 15.7. The van der Waals surface area contributed by atoms with Crippen LogP contribution in [0.3, 0.4) is 0 Å². The van der Waals surface area contributed by atoms with E-state index in [4.69, 9.17) is 0 Å². The van der Waals surface area contributed by atoms with Gasteiger partial charge in [-0.15, -0.1) is 0 Å². The molecule has 0 aliphatic rings. The zero-order chi connectivity index (χ0) is 0. The Kier molecular flexibility index (Phi) is 13300. The van der Waals surface area contributed by atoms with Crippen LogP contribution in [0.2, 0.25) is 0 Å². The minimum Gasteiger partial charge on any atom is -2.00 e. The van der Waals surface area contributed by atoms with Crippen LogP contribution in [0.1, 0.15) is 0 Å². The molecule has 0 bridgehead atoms. The number of hydrogen-bond acceptors (Lipinski definition) is 0. The third-order valence-corrected chi connectivity index (χ3v) is 0. The van der Waals surface area contributed by atoms with Crippen LogP contribution < -0.4 is 0 Å². The molecular formula is Nb2O9Sn2. The monoisotopic (exact) mass is 570 g/mol. The summed E-state index contributed by atoms with van der Waals surface area (Å²) >= 11 is 0. The summed E-state index contributed by atoms with van der Waals surface area (Å²) in [5.41, 5.74) is 0. The third-order valence-electron chi connectivity index (χ3n) is 0. The summed E-state index contributed by atoms with van der Waals surface area (Å²) in [5.74, 6) is 0. The van der Waals surface area contributed by atoms with Crippen LogP contribution in [0.4, 0.5) is 0 Å². The maximum atomic E-state index is 0. The molecule has 0 heterocycles. The van der Waals surface area contributed by atoms with E-state index in [1.54, 1.807) is 0 Å². The summed E-state index contributed by atoms with van der Waals surface area (Å²) in [6.45, 7) is 0. The molecule has 0 aromatic carbocycles. The molecule has 0 N–H and O–H groups in total. The molecule has 9 nitrogen and oxygen atoms in total. The topological polar surface area (TPSA) is 256 Å². The first-order chi connectivity index (χ1) is 0. The van der Waals surface area contributed by atoms with Crippen LogP contribution >= 0.6 is 0 Å². The summed E-state index contributed by atoms with van der Waals surface area (Å²) in [7, 11) is 0. The van der Waals surface area contributed by atoms with E-state index in [1.807, 2.05) is 0 Å². The average Bonchev–Trinajstić information content (AvgIpc) is 0. The zero-order valence-electron chi connectivity index (χ0n) is 5.57. The van der Waals surface area contributed by atoms with E-state index >= 15 is 0 Å². The Morgan fingerprint density at radius 3 is 0.231 bits per heavy atom. The molecule has 72 valence electrons. The molecule has 0 aromatic heterocycles. The molecule has 0 aromatic rings. The van der Waals surface area contributed by atoms with Crippen molar-refractivity contribution in [3.63, 3.8) is 0 Å². The third kappa shape index (κ3) is 322. The Bertz CT molecular complexity index is 15.6. The smallest absolute Gasteiger partial charge is 2.00 e. The van der Waals surface area contributed by atoms with E-state index in [2.05, 4.69) is 0 Å². The van der Waals surface area contributed by atoms with E-state index in [9.17, 15) is 0 Å². The fourth-order valence-electron chi connectivity index (χ4n) is 0. The maximum Gasteiger partial charge on any atom is 5.00 e. The fraction of sp³-hybridized carbons (Fsp3) is 0. The van der Waals surface area contributed by atoms with Crippen molar-refractivity contribution in [2.75, 3.05) is 0 Å². The number of rotatable bonds is 0. The van der Waals surface area contributed by atoms with Gasteiger partial charge in [0.15, 0.2) is 0 Å². The van der Waals surface area contributed by atoms with E-state index in [0.717, 1.165) is 0 Å². The van der Waals surface area contributed by atoms with Crippen LogP contribution in [0.15, 0.2) is 0 Å². The van der Waals surface area contributed by atoms with E-state index in [0.29, 0.717) is 0 Å². The van der Waals surface area contributed by atoms with Crippen LogP contribution in [-0.4, -0.2) is 47.8 Å². The van der Waals surface area contributed by atoms with E-state index in [1.165, 1.54) is 0 Å².